The first-order valence-corrected chi connectivity index (χ1v) is 11.5. The number of carbonyl (C=O) groups excluding carboxylic acids is 1. The molecule has 2 fully saturated rings. The maximum absolute atomic E-state index is 12.4. The summed E-state index contributed by atoms with van der Waals surface area (Å²) in [4.78, 5) is 16.6. The number of benzene rings is 2. The fourth-order valence-corrected chi connectivity index (χ4v) is 3.92. The van der Waals surface area contributed by atoms with E-state index in [1.165, 1.54) is 0 Å². The Morgan fingerprint density at radius 2 is 1.60 bits per heavy atom. The van der Waals surface area contributed by atoms with E-state index in [2.05, 4.69) is 27.8 Å². The largest absolute Gasteiger partial charge is 0.446 e. The molecule has 2 saturated heterocycles. The van der Waals surface area contributed by atoms with E-state index in [1.807, 2.05) is 65.6 Å². The molecule has 2 unspecified atom stereocenters. The standard InChI is InChI=1S/C18H25BrN2O3.C6H6/c1-14(15-2-4-16(19)5-3-15)21-9-7-17(24-18(21)22)6-8-20-10-12-23-13-11-20;1-2-4-6-5-3-1/h2-5,14,17H,6-13H2,1H3;1-6H. The van der Waals surface area contributed by atoms with Gasteiger partial charge in [0.15, 0.2) is 0 Å². The van der Waals surface area contributed by atoms with E-state index in [0.29, 0.717) is 0 Å². The van der Waals surface area contributed by atoms with Crippen molar-refractivity contribution in [2.24, 2.45) is 0 Å². The minimum atomic E-state index is -0.191. The third-order valence-corrected chi connectivity index (χ3v) is 6.08. The summed E-state index contributed by atoms with van der Waals surface area (Å²) in [5, 5.41) is 0. The average Bonchev–Trinajstić information content (AvgIpc) is 2.80. The zero-order valence-corrected chi connectivity index (χ0v) is 19.2. The molecule has 0 radical (unpaired) electrons. The van der Waals surface area contributed by atoms with Gasteiger partial charge < -0.3 is 14.4 Å². The minimum Gasteiger partial charge on any atom is -0.446 e. The molecule has 2 heterocycles. The maximum Gasteiger partial charge on any atom is 0.410 e. The average molecular weight is 475 g/mol. The SMILES string of the molecule is CC(c1ccc(Br)cc1)N1CCC(CCN2CCOCC2)OC1=O.c1ccccc1. The Bertz CT molecular complexity index is 724. The van der Waals surface area contributed by atoms with Crippen molar-refractivity contribution in [3.63, 3.8) is 0 Å². The minimum absolute atomic E-state index is 0.0331. The van der Waals surface area contributed by atoms with Crippen molar-refractivity contribution in [1.82, 2.24) is 9.80 Å². The Hall–Kier alpha value is -1.89. The van der Waals surface area contributed by atoms with Crippen LogP contribution in [0.5, 0.6) is 0 Å². The van der Waals surface area contributed by atoms with E-state index in [-0.39, 0.29) is 18.2 Å². The molecule has 1 amide bonds. The number of rotatable bonds is 5. The summed E-state index contributed by atoms with van der Waals surface area (Å²) in [6, 6.07) is 20.1. The number of nitrogens with zero attached hydrogens (tertiary/aromatic N) is 2. The van der Waals surface area contributed by atoms with Gasteiger partial charge in [0.2, 0.25) is 0 Å². The van der Waals surface area contributed by atoms with Gasteiger partial charge in [0.1, 0.15) is 6.10 Å². The van der Waals surface area contributed by atoms with Crippen LogP contribution in [-0.4, -0.2) is 61.4 Å². The van der Waals surface area contributed by atoms with E-state index in [4.69, 9.17) is 9.47 Å². The van der Waals surface area contributed by atoms with Gasteiger partial charge in [-0.1, -0.05) is 64.5 Å². The Labute approximate surface area is 188 Å². The Morgan fingerprint density at radius 3 is 2.17 bits per heavy atom. The molecule has 0 spiro atoms. The van der Waals surface area contributed by atoms with Gasteiger partial charge >= 0.3 is 6.09 Å². The molecular weight excluding hydrogens is 444 g/mol. The van der Waals surface area contributed by atoms with Crippen molar-refractivity contribution in [3.8, 4) is 0 Å². The van der Waals surface area contributed by atoms with Crippen LogP contribution in [0, 0.1) is 0 Å². The van der Waals surface area contributed by atoms with Gasteiger partial charge in [-0.25, -0.2) is 4.79 Å². The molecule has 2 aromatic rings. The predicted molar refractivity (Wildman–Crippen MR) is 122 cm³/mol. The second-order valence-corrected chi connectivity index (χ2v) is 8.53. The highest BCUT2D eigenvalue weighted by atomic mass is 79.9. The number of morpholine rings is 1. The van der Waals surface area contributed by atoms with Crippen LogP contribution in [0.15, 0.2) is 65.1 Å². The lowest BCUT2D eigenvalue weighted by molar-refractivity contribution is -0.00356. The highest BCUT2D eigenvalue weighted by molar-refractivity contribution is 9.10. The number of amides is 1. The van der Waals surface area contributed by atoms with Crippen LogP contribution in [0.1, 0.15) is 31.4 Å². The van der Waals surface area contributed by atoms with Crippen LogP contribution in [0.3, 0.4) is 0 Å². The van der Waals surface area contributed by atoms with Gasteiger partial charge in [0, 0.05) is 37.1 Å². The monoisotopic (exact) mass is 474 g/mol. The number of hydrogen-bond acceptors (Lipinski definition) is 4. The summed E-state index contributed by atoms with van der Waals surface area (Å²) in [6.07, 6.45) is 1.65. The first kappa shape index (κ1) is 22.8. The molecule has 2 aromatic carbocycles. The number of ether oxygens (including phenoxy) is 2. The van der Waals surface area contributed by atoms with E-state index in [9.17, 15) is 4.79 Å². The van der Waals surface area contributed by atoms with Gasteiger partial charge in [-0.3, -0.25) is 4.90 Å². The Balaban J connectivity index is 0.000000367. The van der Waals surface area contributed by atoms with Gasteiger partial charge in [-0.05, 0) is 31.0 Å². The fourth-order valence-electron chi connectivity index (χ4n) is 3.66. The van der Waals surface area contributed by atoms with E-state index in [1.54, 1.807) is 0 Å². The molecular formula is C24H31BrN2O3. The molecule has 5 nitrogen and oxygen atoms in total. The van der Waals surface area contributed by atoms with Gasteiger partial charge in [-0.15, -0.1) is 0 Å². The zero-order valence-electron chi connectivity index (χ0n) is 17.6. The van der Waals surface area contributed by atoms with Crippen molar-refractivity contribution in [2.75, 3.05) is 39.4 Å². The summed E-state index contributed by atoms with van der Waals surface area (Å²) in [5.74, 6) is 0. The van der Waals surface area contributed by atoms with Gasteiger partial charge in [0.05, 0.1) is 19.3 Å². The molecule has 2 atom stereocenters. The lowest BCUT2D eigenvalue weighted by Gasteiger charge is -2.36. The lowest BCUT2D eigenvalue weighted by Crippen LogP contribution is -2.45. The quantitative estimate of drug-likeness (QED) is 0.602. The molecule has 2 aliphatic rings. The molecule has 30 heavy (non-hydrogen) atoms. The van der Waals surface area contributed by atoms with E-state index in [0.717, 1.165) is 62.3 Å². The topological polar surface area (TPSA) is 42.0 Å². The number of halogens is 1. The second kappa shape index (κ2) is 12.1. The third kappa shape index (κ3) is 7.11. The first-order valence-electron chi connectivity index (χ1n) is 10.7. The molecule has 162 valence electrons. The number of carbonyl (C=O) groups is 1. The summed E-state index contributed by atoms with van der Waals surface area (Å²) < 4.78 is 12.1. The second-order valence-electron chi connectivity index (χ2n) is 7.61. The van der Waals surface area contributed by atoms with Gasteiger partial charge in [0.25, 0.3) is 0 Å². The smallest absolute Gasteiger partial charge is 0.410 e. The molecule has 0 aliphatic carbocycles. The van der Waals surface area contributed by atoms with Crippen LogP contribution in [0.25, 0.3) is 0 Å². The zero-order chi connectivity index (χ0) is 21.2. The molecule has 0 aromatic heterocycles. The summed E-state index contributed by atoms with van der Waals surface area (Å²) in [6.45, 7) is 7.36. The van der Waals surface area contributed by atoms with Crippen LogP contribution in [-0.2, 0) is 9.47 Å². The van der Waals surface area contributed by atoms with Crippen molar-refractivity contribution in [3.05, 3.63) is 70.7 Å². The first-order chi connectivity index (χ1) is 14.6. The van der Waals surface area contributed by atoms with E-state index < -0.39 is 0 Å². The van der Waals surface area contributed by atoms with Crippen LogP contribution in [0.4, 0.5) is 4.79 Å². The maximum atomic E-state index is 12.4. The van der Waals surface area contributed by atoms with Crippen LogP contribution >= 0.6 is 15.9 Å². The molecule has 4 rings (SSSR count). The molecule has 0 N–H and O–H groups in total. The van der Waals surface area contributed by atoms with E-state index >= 15 is 0 Å². The number of cyclic esters (lactones) is 1. The van der Waals surface area contributed by atoms with Crippen molar-refractivity contribution < 1.29 is 14.3 Å². The number of hydrogen-bond donors (Lipinski definition) is 0. The van der Waals surface area contributed by atoms with Gasteiger partial charge in [-0.2, -0.15) is 0 Å². The predicted octanol–water partition coefficient (Wildman–Crippen LogP) is 5.13. The fraction of sp³-hybridized carbons (Fsp3) is 0.458. The summed E-state index contributed by atoms with van der Waals surface area (Å²) in [7, 11) is 0. The summed E-state index contributed by atoms with van der Waals surface area (Å²) in [5.41, 5.74) is 1.13. The summed E-state index contributed by atoms with van der Waals surface area (Å²) >= 11 is 3.44. The van der Waals surface area contributed by atoms with Crippen molar-refractivity contribution in [1.29, 1.82) is 0 Å². The highest BCUT2D eigenvalue weighted by Crippen LogP contribution is 2.27. The normalized spacial score (nSPS) is 20.7. The lowest BCUT2D eigenvalue weighted by atomic mass is 10.1. The Kier molecular flexibility index (Phi) is 9.18. The van der Waals surface area contributed by atoms with Crippen molar-refractivity contribution >= 4 is 22.0 Å². The van der Waals surface area contributed by atoms with Crippen molar-refractivity contribution in [2.45, 2.75) is 31.9 Å². The van der Waals surface area contributed by atoms with Crippen LogP contribution < -0.4 is 0 Å². The third-order valence-electron chi connectivity index (χ3n) is 5.55. The highest BCUT2D eigenvalue weighted by Gasteiger charge is 2.31. The molecule has 6 heteroatoms. The van der Waals surface area contributed by atoms with Crippen LogP contribution in [0.2, 0.25) is 0 Å². The molecule has 0 bridgehead atoms. The molecule has 2 aliphatic heterocycles. The molecule has 0 saturated carbocycles. The Morgan fingerprint density at radius 1 is 1.00 bits per heavy atom.